The molecule has 0 radical (unpaired) electrons. The first-order valence-corrected chi connectivity index (χ1v) is 6.24. The molecular weight excluding hydrogens is 274 g/mol. The van der Waals surface area contributed by atoms with E-state index in [2.05, 4.69) is 13.2 Å². The number of nitro benzene ring substituents is 2. The lowest BCUT2D eigenvalue weighted by atomic mass is 10.0. The molecular formula is C14H17N3O4. The van der Waals surface area contributed by atoms with Crippen molar-refractivity contribution in [3.05, 3.63) is 62.7 Å². The second-order valence-corrected chi connectivity index (χ2v) is 4.53. The van der Waals surface area contributed by atoms with E-state index in [9.17, 15) is 20.2 Å². The van der Waals surface area contributed by atoms with Crippen molar-refractivity contribution in [3.8, 4) is 0 Å². The first-order valence-electron chi connectivity index (χ1n) is 6.24. The van der Waals surface area contributed by atoms with E-state index in [4.69, 9.17) is 0 Å². The largest absolute Gasteiger partial charge is 0.353 e. The van der Waals surface area contributed by atoms with E-state index in [1.165, 1.54) is 23.1 Å². The van der Waals surface area contributed by atoms with Crippen LogP contribution in [0.4, 0.5) is 17.1 Å². The van der Waals surface area contributed by atoms with Gasteiger partial charge in [0.1, 0.15) is 0 Å². The quantitative estimate of drug-likeness (QED) is 0.437. The summed E-state index contributed by atoms with van der Waals surface area (Å²) in [5, 5.41) is 22.7. The molecule has 21 heavy (non-hydrogen) atoms. The predicted octanol–water partition coefficient (Wildman–Crippen LogP) is 3.30. The second kappa shape index (κ2) is 6.65. The van der Waals surface area contributed by atoms with Gasteiger partial charge in [0.2, 0.25) is 0 Å². The van der Waals surface area contributed by atoms with E-state index in [0.29, 0.717) is 11.1 Å². The molecule has 0 N–H and O–H groups in total. The Morgan fingerprint density at radius 2 is 1.67 bits per heavy atom. The van der Waals surface area contributed by atoms with Gasteiger partial charge in [-0.05, 0) is 19.4 Å². The van der Waals surface area contributed by atoms with Gasteiger partial charge in [0.15, 0.2) is 5.69 Å². The third-order valence-corrected chi connectivity index (χ3v) is 3.16. The van der Waals surface area contributed by atoms with Crippen molar-refractivity contribution in [1.29, 1.82) is 0 Å². The van der Waals surface area contributed by atoms with Gasteiger partial charge in [0.05, 0.1) is 9.85 Å². The van der Waals surface area contributed by atoms with Crippen LogP contribution in [0.25, 0.3) is 0 Å². The fourth-order valence-electron chi connectivity index (χ4n) is 2.11. The summed E-state index contributed by atoms with van der Waals surface area (Å²) in [6, 6.07) is 1.36. The molecule has 1 aromatic carbocycles. The highest BCUT2D eigenvalue weighted by Gasteiger charge is 2.32. The molecule has 0 spiro atoms. The van der Waals surface area contributed by atoms with Crippen molar-refractivity contribution in [3.63, 3.8) is 0 Å². The van der Waals surface area contributed by atoms with Crippen LogP contribution in [-0.4, -0.2) is 22.9 Å². The standard InChI is InChI=1S/C14H17N3O4/c1-5-7-15(8-6-2)14-12(16(18)19)9-10(3)11(4)13(14)17(20)21/h5-6,9H,1-2,7-8H2,3-4H3. The highest BCUT2D eigenvalue weighted by molar-refractivity contribution is 5.79. The van der Waals surface area contributed by atoms with Gasteiger partial charge in [-0.3, -0.25) is 20.2 Å². The van der Waals surface area contributed by atoms with Gasteiger partial charge in [0.25, 0.3) is 5.69 Å². The molecule has 0 aromatic heterocycles. The van der Waals surface area contributed by atoms with Crippen LogP contribution in [0, 0.1) is 34.1 Å². The Labute approximate surface area is 122 Å². The third-order valence-electron chi connectivity index (χ3n) is 3.16. The first kappa shape index (κ1) is 16.4. The molecule has 7 nitrogen and oxygen atoms in total. The number of benzene rings is 1. The van der Waals surface area contributed by atoms with Crippen molar-refractivity contribution in [2.75, 3.05) is 18.0 Å². The monoisotopic (exact) mass is 291 g/mol. The molecule has 0 bridgehead atoms. The summed E-state index contributed by atoms with van der Waals surface area (Å²) in [5.74, 6) is 0. The molecule has 0 amide bonds. The minimum absolute atomic E-state index is 0.00657. The molecule has 0 aliphatic heterocycles. The van der Waals surface area contributed by atoms with Crippen molar-refractivity contribution >= 4 is 17.1 Å². The normalized spacial score (nSPS) is 10.0. The van der Waals surface area contributed by atoms with Crippen LogP contribution in [0.2, 0.25) is 0 Å². The van der Waals surface area contributed by atoms with Crippen molar-refractivity contribution in [2.45, 2.75) is 13.8 Å². The van der Waals surface area contributed by atoms with E-state index in [1.54, 1.807) is 13.8 Å². The Morgan fingerprint density at radius 3 is 2.05 bits per heavy atom. The van der Waals surface area contributed by atoms with Gasteiger partial charge < -0.3 is 4.90 Å². The van der Waals surface area contributed by atoms with Crippen LogP contribution < -0.4 is 4.90 Å². The average Bonchev–Trinajstić information content (AvgIpc) is 2.40. The zero-order valence-electron chi connectivity index (χ0n) is 12.0. The number of aryl methyl sites for hydroxylation is 1. The van der Waals surface area contributed by atoms with Gasteiger partial charge in [-0.25, -0.2) is 0 Å². The zero-order chi connectivity index (χ0) is 16.2. The molecule has 0 atom stereocenters. The van der Waals surface area contributed by atoms with E-state index in [-0.39, 0.29) is 30.2 Å². The zero-order valence-corrected chi connectivity index (χ0v) is 12.0. The fourth-order valence-corrected chi connectivity index (χ4v) is 2.11. The molecule has 0 aliphatic rings. The molecule has 0 fully saturated rings. The Hall–Kier alpha value is -2.70. The molecule has 1 aromatic rings. The Morgan fingerprint density at radius 1 is 1.14 bits per heavy atom. The topological polar surface area (TPSA) is 89.5 Å². The van der Waals surface area contributed by atoms with Gasteiger partial charge in [-0.2, -0.15) is 0 Å². The summed E-state index contributed by atoms with van der Waals surface area (Å²) >= 11 is 0. The molecule has 0 saturated heterocycles. The first-order chi connectivity index (χ1) is 9.84. The van der Waals surface area contributed by atoms with Crippen LogP contribution in [0.5, 0.6) is 0 Å². The number of nitro groups is 2. The van der Waals surface area contributed by atoms with Gasteiger partial charge in [-0.1, -0.05) is 12.2 Å². The number of nitrogens with zero attached hydrogens (tertiary/aromatic N) is 3. The summed E-state index contributed by atoms with van der Waals surface area (Å²) < 4.78 is 0. The van der Waals surface area contributed by atoms with Crippen LogP contribution in [0.3, 0.4) is 0 Å². The highest BCUT2D eigenvalue weighted by atomic mass is 16.6. The van der Waals surface area contributed by atoms with Crippen LogP contribution >= 0.6 is 0 Å². The maximum Gasteiger partial charge on any atom is 0.302 e. The predicted molar refractivity (Wildman–Crippen MR) is 81.8 cm³/mol. The van der Waals surface area contributed by atoms with Gasteiger partial charge in [-0.15, -0.1) is 13.2 Å². The molecule has 7 heteroatoms. The maximum atomic E-state index is 11.4. The Balaban J connectivity index is 3.75. The van der Waals surface area contributed by atoms with Crippen molar-refractivity contribution < 1.29 is 9.85 Å². The highest BCUT2D eigenvalue weighted by Crippen LogP contribution is 2.41. The van der Waals surface area contributed by atoms with E-state index < -0.39 is 9.85 Å². The summed E-state index contributed by atoms with van der Waals surface area (Å²) in [7, 11) is 0. The smallest absolute Gasteiger partial charge is 0.302 e. The molecule has 0 saturated carbocycles. The number of hydrogen-bond donors (Lipinski definition) is 0. The van der Waals surface area contributed by atoms with E-state index in [0.717, 1.165) is 0 Å². The summed E-state index contributed by atoms with van der Waals surface area (Å²) in [6.07, 6.45) is 3.07. The average molecular weight is 291 g/mol. The van der Waals surface area contributed by atoms with Crippen molar-refractivity contribution in [1.82, 2.24) is 0 Å². The summed E-state index contributed by atoms with van der Waals surface area (Å²) in [6.45, 7) is 10.9. The third kappa shape index (κ3) is 3.25. The lowest BCUT2D eigenvalue weighted by molar-refractivity contribution is -0.393. The minimum Gasteiger partial charge on any atom is -0.353 e. The van der Waals surface area contributed by atoms with Crippen LogP contribution in [0.1, 0.15) is 11.1 Å². The second-order valence-electron chi connectivity index (χ2n) is 4.53. The molecule has 112 valence electrons. The van der Waals surface area contributed by atoms with E-state index >= 15 is 0 Å². The van der Waals surface area contributed by atoms with Crippen molar-refractivity contribution in [2.24, 2.45) is 0 Å². The lowest BCUT2D eigenvalue weighted by Crippen LogP contribution is -2.25. The van der Waals surface area contributed by atoms with Crippen LogP contribution in [-0.2, 0) is 0 Å². The maximum absolute atomic E-state index is 11.4. The minimum atomic E-state index is -0.603. The molecule has 0 heterocycles. The van der Waals surface area contributed by atoms with Gasteiger partial charge in [0, 0.05) is 24.7 Å². The Kier molecular flexibility index (Phi) is 5.18. The molecule has 0 aliphatic carbocycles. The molecule has 1 rings (SSSR count). The summed E-state index contributed by atoms with van der Waals surface area (Å²) in [5.41, 5.74) is 0.389. The SMILES string of the molecule is C=CCN(CC=C)c1c([N+](=O)[O-])cc(C)c(C)c1[N+](=O)[O-]. The lowest BCUT2D eigenvalue weighted by Gasteiger charge is -2.22. The summed E-state index contributed by atoms with van der Waals surface area (Å²) in [4.78, 5) is 23.0. The van der Waals surface area contributed by atoms with Crippen LogP contribution in [0.15, 0.2) is 31.4 Å². The van der Waals surface area contributed by atoms with E-state index in [1.807, 2.05) is 0 Å². The molecule has 0 unspecified atom stereocenters. The number of hydrogen-bond acceptors (Lipinski definition) is 5. The fraction of sp³-hybridized carbons (Fsp3) is 0.286. The Bertz CT molecular complexity index is 601. The number of anilines is 1. The van der Waals surface area contributed by atoms with Gasteiger partial charge >= 0.3 is 5.69 Å². The number of rotatable bonds is 7.